The lowest BCUT2D eigenvalue weighted by Crippen LogP contribution is -2.43. The normalized spacial score (nSPS) is 19.1. The van der Waals surface area contributed by atoms with Gasteiger partial charge in [-0.05, 0) is 18.4 Å². The van der Waals surface area contributed by atoms with Crippen LogP contribution in [0.1, 0.15) is 37.7 Å². The van der Waals surface area contributed by atoms with Gasteiger partial charge in [0.25, 0.3) is 0 Å². The van der Waals surface area contributed by atoms with E-state index < -0.39 is 0 Å². The molecule has 0 radical (unpaired) electrons. The Morgan fingerprint density at radius 2 is 1.82 bits per heavy atom. The van der Waals surface area contributed by atoms with Gasteiger partial charge in [-0.3, -0.25) is 0 Å². The summed E-state index contributed by atoms with van der Waals surface area (Å²) in [6.07, 6.45) is 6.38. The number of ether oxygens (including phenoxy) is 1. The number of rotatable bonds is 5. The first-order valence-corrected chi connectivity index (χ1v) is 6.64. The Balaban J connectivity index is 1.80. The Bertz CT molecular complexity index is 317. The molecule has 0 aliphatic heterocycles. The van der Waals surface area contributed by atoms with Crippen molar-refractivity contribution in [2.24, 2.45) is 0 Å². The number of hydrogen-bond donors (Lipinski definition) is 1. The maximum absolute atomic E-state index is 5.75. The van der Waals surface area contributed by atoms with Crippen LogP contribution in [0.15, 0.2) is 30.3 Å². The molecule has 0 heterocycles. The zero-order chi connectivity index (χ0) is 12.0. The first kappa shape index (κ1) is 12.6. The lowest BCUT2D eigenvalue weighted by atomic mass is 9.84. The van der Waals surface area contributed by atoms with Crippen LogP contribution in [0.2, 0.25) is 0 Å². The molecule has 0 spiro atoms. The first-order chi connectivity index (χ1) is 8.35. The van der Waals surface area contributed by atoms with E-state index in [4.69, 9.17) is 4.74 Å². The van der Waals surface area contributed by atoms with Crippen LogP contribution in [0, 0.1) is 0 Å². The fourth-order valence-electron chi connectivity index (χ4n) is 2.68. The van der Waals surface area contributed by atoms with Crippen LogP contribution in [0.5, 0.6) is 0 Å². The van der Waals surface area contributed by atoms with Gasteiger partial charge >= 0.3 is 0 Å². The van der Waals surface area contributed by atoms with Gasteiger partial charge in [-0.25, -0.2) is 0 Å². The van der Waals surface area contributed by atoms with Crippen LogP contribution in [-0.2, 0) is 11.3 Å². The van der Waals surface area contributed by atoms with Crippen molar-refractivity contribution in [3.05, 3.63) is 35.9 Å². The van der Waals surface area contributed by atoms with Gasteiger partial charge in [-0.2, -0.15) is 0 Å². The average Bonchev–Trinajstić information content (AvgIpc) is 2.41. The molecular weight excluding hydrogens is 210 g/mol. The number of methoxy groups -OCH3 is 1. The quantitative estimate of drug-likeness (QED) is 0.843. The molecule has 0 bridgehead atoms. The largest absolute Gasteiger partial charge is 0.377 e. The molecule has 17 heavy (non-hydrogen) atoms. The van der Waals surface area contributed by atoms with E-state index in [1.54, 1.807) is 0 Å². The van der Waals surface area contributed by atoms with E-state index in [9.17, 15) is 0 Å². The molecular formula is C15H23NO. The van der Waals surface area contributed by atoms with E-state index in [0.29, 0.717) is 0 Å². The van der Waals surface area contributed by atoms with E-state index in [-0.39, 0.29) is 5.60 Å². The van der Waals surface area contributed by atoms with Crippen LogP contribution < -0.4 is 5.32 Å². The van der Waals surface area contributed by atoms with Crippen LogP contribution in [0.3, 0.4) is 0 Å². The summed E-state index contributed by atoms with van der Waals surface area (Å²) in [7, 11) is 1.86. The molecule has 0 unspecified atom stereocenters. The van der Waals surface area contributed by atoms with Gasteiger partial charge in [0.05, 0.1) is 5.60 Å². The highest BCUT2D eigenvalue weighted by Crippen LogP contribution is 2.30. The van der Waals surface area contributed by atoms with Gasteiger partial charge in [-0.1, -0.05) is 49.6 Å². The van der Waals surface area contributed by atoms with Crippen molar-refractivity contribution in [3.63, 3.8) is 0 Å². The molecule has 0 atom stereocenters. The minimum Gasteiger partial charge on any atom is -0.377 e. The van der Waals surface area contributed by atoms with Crippen LogP contribution in [0.4, 0.5) is 0 Å². The van der Waals surface area contributed by atoms with Gasteiger partial charge in [0.1, 0.15) is 0 Å². The summed E-state index contributed by atoms with van der Waals surface area (Å²) in [5, 5.41) is 3.54. The van der Waals surface area contributed by atoms with Crippen molar-refractivity contribution in [2.75, 3.05) is 13.7 Å². The maximum atomic E-state index is 5.75. The standard InChI is InChI=1S/C15H23NO/c1-17-15(10-6-3-7-11-15)13-16-12-14-8-4-2-5-9-14/h2,4-5,8-9,16H,3,6-7,10-13H2,1H3. The minimum absolute atomic E-state index is 0.0903. The van der Waals surface area contributed by atoms with Gasteiger partial charge in [0, 0.05) is 20.2 Å². The summed E-state index contributed by atoms with van der Waals surface area (Å²) < 4.78 is 5.75. The molecule has 0 amide bonds. The van der Waals surface area contributed by atoms with Crippen LogP contribution >= 0.6 is 0 Å². The molecule has 94 valence electrons. The molecule has 2 nitrogen and oxygen atoms in total. The molecule has 1 saturated carbocycles. The van der Waals surface area contributed by atoms with E-state index >= 15 is 0 Å². The Kier molecular flexibility index (Phi) is 4.57. The van der Waals surface area contributed by atoms with Gasteiger partial charge in [0.15, 0.2) is 0 Å². The second kappa shape index (κ2) is 6.18. The summed E-state index contributed by atoms with van der Waals surface area (Å²) in [6.45, 7) is 1.91. The summed E-state index contributed by atoms with van der Waals surface area (Å²) in [5.74, 6) is 0. The Hall–Kier alpha value is -0.860. The zero-order valence-electron chi connectivity index (χ0n) is 10.7. The average molecular weight is 233 g/mol. The molecule has 1 aliphatic carbocycles. The fraction of sp³-hybridized carbons (Fsp3) is 0.600. The number of nitrogens with one attached hydrogen (secondary N) is 1. The van der Waals surface area contributed by atoms with Crippen molar-refractivity contribution in [3.8, 4) is 0 Å². The predicted octanol–water partition coefficient (Wildman–Crippen LogP) is 3.13. The third-order valence-electron chi connectivity index (χ3n) is 3.82. The highest BCUT2D eigenvalue weighted by atomic mass is 16.5. The number of benzene rings is 1. The maximum Gasteiger partial charge on any atom is 0.0802 e. The summed E-state index contributed by atoms with van der Waals surface area (Å²) in [6, 6.07) is 10.6. The lowest BCUT2D eigenvalue weighted by Gasteiger charge is -2.36. The molecule has 1 aromatic carbocycles. The van der Waals surface area contributed by atoms with Gasteiger partial charge < -0.3 is 10.1 Å². The third kappa shape index (κ3) is 3.55. The molecule has 1 N–H and O–H groups in total. The smallest absolute Gasteiger partial charge is 0.0802 e. The summed E-state index contributed by atoms with van der Waals surface area (Å²) in [4.78, 5) is 0. The van der Waals surface area contributed by atoms with Crippen LogP contribution in [-0.4, -0.2) is 19.3 Å². The topological polar surface area (TPSA) is 21.3 Å². The van der Waals surface area contributed by atoms with Crippen molar-refractivity contribution >= 4 is 0 Å². The first-order valence-electron chi connectivity index (χ1n) is 6.64. The van der Waals surface area contributed by atoms with E-state index in [0.717, 1.165) is 13.1 Å². The predicted molar refractivity (Wildman–Crippen MR) is 71.0 cm³/mol. The van der Waals surface area contributed by atoms with E-state index in [1.807, 2.05) is 7.11 Å². The molecule has 0 saturated heterocycles. The Morgan fingerprint density at radius 3 is 2.47 bits per heavy atom. The monoisotopic (exact) mass is 233 g/mol. The molecule has 0 aromatic heterocycles. The van der Waals surface area contributed by atoms with E-state index in [1.165, 1.54) is 37.7 Å². The lowest BCUT2D eigenvalue weighted by molar-refractivity contribution is -0.0377. The highest BCUT2D eigenvalue weighted by Gasteiger charge is 2.31. The molecule has 1 aliphatic rings. The van der Waals surface area contributed by atoms with Crippen LogP contribution in [0.25, 0.3) is 0 Å². The Labute approximate surface area is 104 Å². The fourth-order valence-corrected chi connectivity index (χ4v) is 2.68. The van der Waals surface area contributed by atoms with Gasteiger partial charge in [-0.15, -0.1) is 0 Å². The number of hydrogen-bond acceptors (Lipinski definition) is 2. The zero-order valence-corrected chi connectivity index (χ0v) is 10.7. The molecule has 1 fully saturated rings. The van der Waals surface area contributed by atoms with E-state index in [2.05, 4.69) is 35.6 Å². The molecule has 2 rings (SSSR count). The Morgan fingerprint density at radius 1 is 1.12 bits per heavy atom. The highest BCUT2D eigenvalue weighted by molar-refractivity contribution is 5.14. The van der Waals surface area contributed by atoms with Crippen molar-refractivity contribution in [2.45, 2.75) is 44.2 Å². The van der Waals surface area contributed by atoms with Crippen molar-refractivity contribution in [1.82, 2.24) is 5.32 Å². The third-order valence-corrected chi connectivity index (χ3v) is 3.82. The van der Waals surface area contributed by atoms with Crippen molar-refractivity contribution in [1.29, 1.82) is 0 Å². The minimum atomic E-state index is 0.0903. The summed E-state index contributed by atoms with van der Waals surface area (Å²) >= 11 is 0. The molecule has 1 aromatic rings. The molecule has 2 heteroatoms. The summed E-state index contributed by atoms with van der Waals surface area (Å²) in [5.41, 5.74) is 1.43. The van der Waals surface area contributed by atoms with Crippen molar-refractivity contribution < 1.29 is 4.74 Å². The van der Waals surface area contributed by atoms with Gasteiger partial charge in [0.2, 0.25) is 0 Å². The second-order valence-corrected chi connectivity index (χ2v) is 5.04. The second-order valence-electron chi connectivity index (χ2n) is 5.04. The SMILES string of the molecule is COC1(CNCc2ccccc2)CCCCC1.